The molecule has 3 nitrogen and oxygen atoms in total. The first-order valence-corrected chi connectivity index (χ1v) is 5.41. The lowest BCUT2D eigenvalue weighted by molar-refractivity contribution is 0.386. The van der Waals surface area contributed by atoms with Crippen LogP contribution >= 0.6 is 15.9 Å². The Hall–Kier alpha value is -0.810. The van der Waals surface area contributed by atoms with Gasteiger partial charge in [0.15, 0.2) is 11.5 Å². The van der Waals surface area contributed by atoms with Crippen LogP contribution < -0.4 is 5.73 Å². The molecule has 2 rings (SSSR count). The summed E-state index contributed by atoms with van der Waals surface area (Å²) in [5.74, 6) is -1.25. The zero-order valence-corrected chi connectivity index (χ0v) is 9.51. The lowest BCUT2D eigenvalue weighted by Crippen LogP contribution is -2.21. The van der Waals surface area contributed by atoms with Crippen molar-refractivity contribution in [2.45, 2.75) is 18.3 Å². The van der Waals surface area contributed by atoms with E-state index in [1.807, 2.05) is 0 Å². The number of rotatable bonds is 2. The van der Waals surface area contributed by atoms with Crippen molar-refractivity contribution in [3.05, 3.63) is 21.9 Å². The third kappa shape index (κ3) is 1.50. The summed E-state index contributed by atoms with van der Waals surface area (Å²) in [5.41, 5.74) is 5.21. The Balaban J connectivity index is 2.64. The van der Waals surface area contributed by atoms with Crippen molar-refractivity contribution < 1.29 is 14.6 Å². The Morgan fingerprint density at radius 1 is 1.47 bits per heavy atom. The zero-order chi connectivity index (χ0) is 11.2. The molecule has 0 aliphatic heterocycles. The maximum Gasteiger partial charge on any atom is 0.164 e. The van der Waals surface area contributed by atoms with Crippen LogP contribution in [0.15, 0.2) is 10.5 Å². The van der Waals surface area contributed by atoms with Crippen molar-refractivity contribution in [3.8, 4) is 11.5 Å². The molecule has 1 aromatic carbocycles. The minimum Gasteiger partial charge on any atom is -0.504 e. The van der Waals surface area contributed by atoms with Crippen molar-refractivity contribution in [2.75, 3.05) is 6.54 Å². The molecule has 4 N–H and O–H groups in total. The quantitative estimate of drug-likeness (QED) is 0.724. The van der Waals surface area contributed by atoms with E-state index in [4.69, 9.17) is 5.73 Å². The second-order valence-corrected chi connectivity index (χ2v) is 4.75. The highest BCUT2D eigenvalue weighted by Crippen LogP contribution is 2.54. The number of halogens is 2. The smallest absolute Gasteiger partial charge is 0.164 e. The van der Waals surface area contributed by atoms with Crippen LogP contribution in [0.4, 0.5) is 4.39 Å². The maximum absolute atomic E-state index is 13.8. The number of phenolic OH excluding ortho intramolecular Hbond substituents is 2. The molecule has 0 bridgehead atoms. The molecular weight excluding hydrogens is 265 g/mol. The highest BCUT2D eigenvalue weighted by Gasteiger charge is 2.47. The summed E-state index contributed by atoms with van der Waals surface area (Å²) in [6.07, 6.45) is 1.48. The van der Waals surface area contributed by atoms with E-state index < -0.39 is 17.0 Å². The minimum atomic E-state index is -0.534. The Labute approximate surface area is 94.8 Å². The van der Waals surface area contributed by atoms with E-state index in [0.717, 1.165) is 18.9 Å². The van der Waals surface area contributed by atoms with Crippen LogP contribution in [0, 0.1) is 5.82 Å². The molecular formula is C10H11BrFNO2. The van der Waals surface area contributed by atoms with Crippen molar-refractivity contribution in [1.29, 1.82) is 0 Å². The van der Waals surface area contributed by atoms with Gasteiger partial charge in [-0.25, -0.2) is 4.39 Å². The van der Waals surface area contributed by atoms with Gasteiger partial charge in [0.2, 0.25) is 0 Å². The lowest BCUT2D eigenvalue weighted by Gasteiger charge is -2.17. The second-order valence-electron chi connectivity index (χ2n) is 3.90. The van der Waals surface area contributed by atoms with E-state index in [2.05, 4.69) is 15.9 Å². The predicted octanol–water partition coefficient (Wildman–Crippen LogP) is 1.99. The minimum absolute atomic E-state index is 0.136. The van der Waals surface area contributed by atoms with Gasteiger partial charge in [-0.05, 0) is 28.8 Å². The molecule has 15 heavy (non-hydrogen) atoms. The summed E-state index contributed by atoms with van der Waals surface area (Å²) in [7, 11) is 0. The third-order valence-electron chi connectivity index (χ3n) is 2.95. The summed E-state index contributed by atoms with van der Waals surface area (Å²) in [4.78, 5) is 0. The van der Waals surface area contributed by atoms with Gasteiger partial charge >= 0.3 is 0 Å². The standard InChI is InChI=1S/C10H11BrFNO2/c11-5-3-6(14)9(15)7(8(5)12)10(4-13)1-2-10/h3,14-15H,1-2,4,13H2. The number of benzene rings is 1. The first-order chi connectivity index (χ1) is 7.02. The van der Waals surface area contributed by atoms with E-state index >= 15 is 0 Å². The van der Waals surface area contributed by atoms with Gasteiger partial charge in [-0.15, -0.1) is 0 Å². The van der Waals surface area contributed by atoms with Gasteiger partial charge in [0.1, 0.15) is 5.82 Å². The lowest BCUT2D eigenvalue weighted by atomic mass is 9.94. The molecule has 0 saturated heterocycles. The van der Waals surface area contributed by atoms with Crippen molar-refractivity contribution in [3.63, 3.8) is 0 Å². The Kier molecular flexibility index (Phi) is 2.39. The van der Waals surface area contributed by atoms with Gasteiger partial charge in [0, 0.05) is 23.6 Å². The van der Waals surface area contributed by atoms with Crippen LogP contribution in [0.5, 0.6) is 11.5 Å². The van der Waals surface area contributed by atoms with Crippen molar-refractivity contribution in [2.24, 2.45) is 5.73 Å². The fraction of sp³-hybridized carbons (Fsp3) is 0.400. The molecule has 0 aromatic heterocycles. The Morgan fingerprint density at radius 3 is 2.53 bits per heavy atom. The zero-order valence-electron chi connectivity index (χ0n) is 7.93. The molecule has 1 aromatic rings. The Morgan fingerprint density at radius 2 is 2.07 bits per heavy atom. The van der Waals surface area contributed by atoms with Crippen LogP contribution in [0.25, 0.3) is 0 Å². The van der Waals surface area contributed by atoms with E-state index in [-0.39, 0.29) is 22.3 Å². The largest absolute Gasteiger partial charge is 0.504 e. The molecule has 82 valence electrons. The highest BCUT2D eigenvalue weighted by molar-refractivity contribution is 9.10. The molecule has 1 saturated carbocycles. The molecule has 0 unspecified atom stereocenters. The monoisotopic (exact) mass is 275 g/mol. The van der Waals surface area contributed by atoms with Crippen LogP contribution in [0.3, 0.4) is 0 Å². The molecule has 0 atom stereocenters. The molecule has 0 radical (unpaired) electrons. The van der Waals surface area contributed by atoms with E-state index in [1.54, 1.807) is 0 Å². The van der Waals surface area contributed by atoms with Crippen LogP contribution in [-0.2, 0) is 5.41 Å². The average molecular weight is 276 g/mol. The third-order valence-corrected chi connectivity index (χ3v) is 3.52. The predicted molar refractivity (Wildman–Crippen MR) is 57.4 cm³/mol. The summed E-state index contributed by atoms with van der Waals surface area (Å²) in [5, 5.41) is 19.0. The summed E-state index contributed by atoms with van der Waals surface area (Å²) in [6.45, 7) is 0.271. The van der Waals surface area contributed by atoms with Crippen LogP contribution in [0.2, 0.25) is 0 Å². The first kappa shape index (κ1) is 10.7. The number of nitrogens with two attached hydrogens (primary N) is 1. The molecule has 5 heteroatoms. The Bertz CT molecular complexity index is 392. The summed E-state index contributed by atoms with van der Waals surface area (Å²) in [6, 6.07) is 1.14. The topological polar surface area (TPSA) is 66.5 Å². The van der Waals surface area contributed by atoms with Gasteiger partial charge in [-0.3, -0.25) is 0 Å². The van der Waals surface area contributed by atoms with Crippen molar-refractivity contribution >= 4 is 15.9 Å². The fourth-order valence-corrected chi connectivity index (χ4v) is 2.21. The average Bonchev–Trinajstić information content (AvgIpc) is 2.96. The van der Waals surface area contributed by atoms with Crippen LogP contribution in [0.1, 0.15) is 18.4 Å². The fourth-order valence-electron chi connectivity index (χ4n) is 1.79. The number of aromatic hydroxyl groups is 2. The molecule has 1 aliphatic rings. The summed E-state index contributed by atoms with van der Waals surface area (Å²) < 4.78 is 13.9. The van der Waals surface area contributed by atoms with Gasteiger partial charge in [0.25, 0.3) is 0 Å². The van der Waals surface area contributed by atoms with Crippen molar-refractivity contribution in [1.82, 2.24) is 0 Å². The molecule has 0 spiro atoms. The number of hydrogen-bond acceptors (Lipinski definition) is 3. The molecule has 1 aliphatic carbocycles. The van der Waals surface area contributed by atoms with Gasteiger partial charge in [0.05, 0.1) is 4.47 Å². The molecule has 0 amide bonds. The normalized spacial score (nSPS) is 17.8. The van der Waals surface area contributed by atoms with E-state index in [1.165, 1.54) is 0 Å². The maximum atomic E-state index is 13.8. The number of phenols is 2. The van der Waals surface area contributed by atoms with Gasteiger partial charge < -0.3 is 15.9 Å². The summed E-state index contributed by atoms with van der Waals surface area (Å²) >= 11 is 2.99. The van der Waals surface area contributed by atoms with Crippen LogP contribution in [-0.4, -0.2) is 16.8 Å². The SMILES string of the molecule is NCC1(c2c(O)c(O)cc(Br)c2F)CC1. The molecule has 1 fully saturated rings. The first-order valence-electron chi connectivity index (χ1n) is 4.62. The highest BCUT2D eigenvalue weighted by atomic mass is 79.9. The second kappa shape index (κ2) is 3.35. The van der Waals surface area contributed by atoms with Gasteiger partial charge in [-0.2, -0.15) is 0 Å². The van der Waals surface area contributed by atoms with E-state index in [9.17, 15) is 14.6 Å². The molecule has 0 heterocycles. The number of hydrogen-bond donors (Lipinski definition) is 3. The van der Waals surface area contributed by atoms with Gasteiger partial charge in [-0.1, -0.05) is 0 Å². The van der Waals surface area contributed by atoms with E-state index in [0.29, 0.717) is 0 Å².